The second-order valence-electron chi connectivity index (χ2n) is 7.23. The average molecular weight is 461 g/mol. The van der Waals surface area contributed by atoms with E-state index in [2.05, 4.69) is 5.32 Å². The Morgan fingerprint density at radius 1 is 1.03 bits per heavy atom. The summed E-state index contributed by atoms with van der Waals surface area (Å²) in [5, 5.41) is 3.43. The first-order valence-electron chi connectivity index (χ1n) is 9.62. The number of sulfonamides is 1. The number of aryl methyl sites for hydroxylation is 1. The molecule has 156 valence electrons. The molecule has 1 N–H and O–H groups in total. The van der Waals surface area contributed by atoms with Crippen LogP contribution in [0.5, 0.6) is 0 Å². The highest BCUT2D eigenvalue weighted by molar-refractivity contribution is 7.91. The lowest BCUT2D eigenvalue weighted by atomic mass is 10.1. The average Bonchev–Trinajstić information content (AvgIpc) is 3.44. The van der Waals surface area contributed by atoms with Gasteiger partial charge in [-0.1, -0.05) is 29.8 Å². The predicted octanol–water partition coefficient (Wildman–Crippen LogP) is 5.41. The first-order chi connectivity index (χ1) is 14.3. The van der Waals surface area contributed by atoms with Crippen molar-refractivity contribution in [2.75, 3.05) is 18.4 Å². The smallest absolute Gasteiger partial charge is 0.255 e. The van der Waals surface area contributed by atoms with E-state index in [0.717, 1.165) is 28.8 Å². The summed E-state index contributed by atoms with van der Waals surface area (Å²) in [5.41, 5.74) is 2.96. The molecular weight excluding hydrogens is 440 g/mol. The van der Waals surface area contributed by atoms with E-state index in [9.17, 15) is 13.2 Å². The molecule has 1 fully saturated rings. The van der Waals surface area contributed by atoms with E-state index in [1.807, 2.05) is 37.3 Å². The maximum absolute atomic E-state index is 12.7. The van der Waals surface area contributed by atoms with Gasteiger partial charge in [0, 0.05) is 34.2 Å². The fourth-order valence-corrected chi connectivity index (χ4v) is 6.49. The second-order valence-corrected chi connectivity index (χ2v) is 10.9. The summed E-state index contributed by atoms with van der Waals surface area (Å²) in [5.74, 6) is -0.232. The molecule has 1 aliphatic rings. The van der Waals surface area contributed by atoms with Gasteiger partial charge in [0.25, 0.3) is 15.9 Å². The van der Waals surface area contributed by atoms with Crippen molar-refractivity contribution in [3.63, 3.8) is 0 Å². The molecule has 2 heterocycles. The minimum atomic E-state index is -3.41. The number of nitrogens with zero attached hydrogens (tertiary/aromatic N) is 1. The maximum atomic E-state index is 12.7. The molecule has 3 aromatic rings. The quantitative estimate of drug-likeness (QED) is 0.553. The van der Waals surface area contributed by atoms with Crippen molar-refractivity contribution < 1.29 is 13.2 Å². The van der Waals surface area contributed by atoms with Crippen molar-refractivity contribution in [3.05, 3.63) is 70.7 Å². The lowest BCUT2D eigenvalue weighted by Gasteiger charge is -2.13. The maximum Gasteiger partial charge on any atom is 0.255 e. The fourth-order valence-electron chi connectivity index (χ4n) is 3.33. The summed E-state index contributed by atoms with van der Waals surface area (Å²) in [6, 6.07) is 16.0. The number of halogens is 1. The van der Waals surface area contributed by atoms with Crippen molar-refractivity contribution in [2.24, 2.45) is 0 Å². The molecule has 1 saturated heterocycles. The predicted molar refractivity (Wildman–Crippen MR) is 122 cm³/mol. The summed E-state index contributed by atoms with van der Waals surface area (Å²) in [6.45, 7) is 3.08. The third-order valence-electron chi connectivity index (χ3n) is 5.10. The Morgan fingerprint density at radius 3 is 2.40 bits per heavy atom. The molecule has 30 heavy (non-hydrogen) atoms. The van der Waals surface area contributed by atoms with Crippen LogP contribution in [-0.4, -0.2) is 31.7 Å². The highest BCUT2D eigenvalue weighted by Gasteiger charge is 2.28. The second kappa shape index (κ2) is 8.51. The zero-order chi connectivity index (χ0) is 21.3. The SMILES string of the molecule is Cc1ccc(NC(=O)c2ccc(-c3ccc(S(=O)(=O)N4CCCC4)s3)cc2)cc1Cl. The molecule has 1 amide bonds. The number of benzene rings is 2. The van der Waals surface area contributed by atoms with Crippen LogP contribution >= 0.6 is 22.9 Å². The Kier molecular flexibility index (Phi) is 5.97. The van der Waals surface area contributed by atoms with Gasteiger partial charge in [0.1, 0.15) is 4.21 Å². The van der Waals surface area contributed by atoms with Gasteiger partial charge in [-0.2, -0.15) is 4.31 Å². The van der Waals surface area contributed by atoms with E-state index in [0.29, 0.717) is 33.6 Å². The molecule has 1 aliphatic heterocycles. The van der Waals surface area contributed by atoms with Crippen LogP contribution in [0.15, 0.2) is 58.8 Å². The van der Waals surface area contributed by atoms with Crippen LogP contribution < -0.4 is 5.32 Å². The van der Waals surface area contributed by atoms with Gasteiger partial charge in [-0.15, -0.1) is 11.3 Å². The molecule has 5 nitrogen and oxygen atoms in total. The number of hydrogen-bond donors (Lipinski definition) is 1. The van der Waals surface area contributed by atoms with Crippen LogP contribution in [-0.2, 0) is 10.0 Å². The molecule has 0 unspecified atom stereocenters. The first kappa shape index (κ1) is 21.1. The number of hydrogen-bond acceptors (Lipinski definition) is 4. The molecule has 4 rings (SSSR count). The molecule has 2 aromatic carbocycles. The van der Waals surface area contributed by atoms with Gasteiger partial charge in [0.2, 0.25) is 0 Å². The van der Waals surface area contributed by atoms with Crippen molar-refractivity contribution in [1.29, 1.82) is 0 Å². The topological polar surface area (TPSA) is 66.5 Å². The summed E-state index contributed by atoms with van der Waals surface area (Å²) in [7, 11) is -3.41. The van der Waals surface area contributed by atoms with Crippen LogP contribution in [0.2, 0.25) is 5.02 Å². The molecule has 1 aromatic heterocycles. The van der Waals surface area contributed by atoms with E-state index in [4.69, 9.17) is 11.6 Å². The van der Waals surface area contributed by atoms with Gasteiger partial charge < -0.3 is 5.32 Å². The largest absolute Gasteiger partial charge is 0.322 e. The Bertz CT molecular complexity index is 1180. The number of carbonyl (C=O) groups is 1. The van der Waals surface area contributed by atoms with Crippen LogP contribution in [0.4, 0.5) is 5.69 Å². The summed E-state index contributed by atoms with van der Waals surface area (Å²) < 4.78 is 27.3. The van der Waals surface area contributed by atoms with E-state index >= 15 is 0 Å². The molecule has 0 spiro atoms. The molecule has 0 atom stereocenters. The number of rotatable bonds is 5. The Balaban J connectivity index is 1.49. The minimum Gasteiger partial charge on any atom is -0.322 e. The van der Waals surface area contributed by atoms with Crippen molar-refractivity contribution in [1.82, 2.24) is 4.31 Å². The van der Waals surface area contributed by atoms with Crippen LogP contribution in [0.3, 0.4) is 0 Å². The molecule has 0 radical (unpaired) electrons. The van der Waals surface area contributed by atoms with Gasteiger partial charge in [-0.3, -0.25) is 4.79 Å². The highest BCUT2D eigenvalue weighted by atomic mass is 35.5. The Labute approximate surface area is 185 Å². The normalized spacial score (nSPS) is 14.7. The number of carbonyl (C=O) groups excluding carboxylic acids is 1. The van der Waals surface area contributed by atoms with E-state index in [-0.39, 0.29) is 5.91 Å². The molecule has 8 heteroatoms. The monoisotopic (exact) mass is 460 g/mol. The lowest BCUT2D eigenvalue weighted by molar-refractivity contribution is 0.102. The van der Waals surface area contributed by atoms with Crippen molar-refractivity contribution in [3.8, 4) is 10.4 Å². The zero-order valence-electron chi connectivity index (χ0n) is 16.4. The van der Waals surface area contributed by atoms with E-state index in [1.165, 1.54) is 11.3 Å². The molecule has 0 aliphatic carbocycles. The molecular formula is C22H21ClN2O3S2. The highest BCUT2D eigenvalue weighted by Crippen LogP contribution is 2.33. The number of amides is 1. The third-order valence-corrected chi connectivity index (χ3v) is 9.01. The van der Waals surface area contributed by atoms with E-state index < -0.39 is 10.0 Å². The third kappa shape index (κ3) is 4.30. The van der Waals surface area contributed by atoms with Gasteiger partial charge in [0.15, 0.2) is 0 Å². The van der Waals surface area contributed by atoms with Gasteiger partial charge in [0.05, 0.1) is 0 Å². The number of nitrogens with one attached hydrogen (secondary N) is 1. The lowest BCUT2D eigenvalue weighted by Crippen LogP contribution is -2.27. The standard InChI is InChI=1S/C22H21ClN2O3S2/c1-15-4-9-18(14-19(15)23)24-22(26)17-7-5-16(6-8-17)20-10-11-21(29-20)30(27,28)25-12-2-3-13-25/h4-11,14H,2-3,12-13H2,1H3,(H,24,26). The Hall–Kier alpha value is -2.19. The molecule has 0 bridgehead atoms. The van der Waals surface area contributed by atoms with Gasteiger partial charge in [-0.25, -0.2) is 8.42 Å². The summed E-state index contributed by atoms with van der Waals surface area (Å²) in [4.78, 5) is 13.4. The van der Waals surface area contributed by atoms with Gasteiger partial charge in [-0.05, 0) is 67.3 Å². The number of anilines is 1. The minimum absolute atomic E-state index is 0.232. The fraction of sp³-hybridized carbons (Fsp3) is 0.227. The zero-order valence-corrected chi connectivity index (χ0v) is 18.8. The summed E-state index contributed by atoms with van der Waals surface area (Å²) in [6.07, 6.45) is 1.82. The van der Waals surface area contributed by atoms with Gasteiger partial charge >= 0.3 is 0 Å². The van der Waals surface area contributed by atoms with Crippen molar-refractivity contribution in [2.45, 2.75) is 24.0 Å². The Morgan fingerprint density at radius 2 is 1.73 bits per heavy atom. The molecule has 0 saturated carbocycles. The van der Waals surface area contributed by atoms with E-state index in [1.54, 1.807) is 28.6 Å². The van der Waals surface area contributed by atoms with Crippen LogP contribution in [0.1, 0.15) is 28.8 Å². The van der Waals surface area contributed by atoms with Crippen molar-refractivity contribution >= 4 is 44.6 Å². The van der Waals surface area contributed by atoms with Crippen LogP contribution in [0, 0.1) is 6.92 Å². The summed E-state index contributed by atoms with van der Waals surface area (Å²) >= 11 is 7.37. The first-order valence-corrected chi connectivity index (χ1v) is 12.3. The number of thiophene rings is 1. The van der Waals surface area contributed by atoms with Crippen LogP contribution in [0.25, 0.3) is 10.4 Å².